The van der Waals surface area contributed by atoms with E-state index in [0.717, 1.165) is 25.1 Å². The van der Waals surface area contributed by atoms with Crippen molar-refractivity contribution in [2.24, 2.45) is 5.92 Å². The van der Waals surface area contributed by atoms with E-state index in [4.69, 9.17) is 4.52 Å². The second-order valence-corrected chi connectivity index (χ2v) is 7.35. The van der Waals surface area contributed by atoms with Crippen molar-refractivity contribution in [1.29, 1.82) is 0 Å². The number of nitrogens with zero attached hydrogens (tertiary/aromatic N) is 3. The average Bonchev–Trinajstić information content (AvgIpc) is 2.93. The standard InChI is InChI=1S/C20H26FN3O2/c1-14(2)18-13-24(20(25)19-11-15(3)22-26-19)10-4-9-23(18)12-16-5-7-17(21)8-6-16/h5-8,11,14,18H,4,9-10,12-13H2,1-3H3/t18-/m1/s1. The summed E-state index contributed by atoms with van der Waals surface area (Å²) in [7, 11) is 0. The molecular weight excluding hydrogens is 333 g/mol. The number of hydrogen-bond donors (Lipinski definition) is 0. The van der Waals surface area contributed by atoms with Crippen LogP contribution in [-0.4, -0.2) is 46.5 Å². The molecule has 0 aliphatic carbocycles. The minimum absolute atomic E-state index is 0.0973. The van der Waals surface area contributed by atoms with Gasteiger partial charge in [0.1, 0.15) is 5.82 Å². The first-order valence-electron chi connectivity index (χ1n) is 9.15. The molecule has 2 aromatic rings. The lowest BCUT2D eigenvalue weighted by Crippen LogP contribution is -2.45. The average molecular weight is 359 g/mol. The van der Waals surface area contributed by atoms with Gasteiger partial charge in [-0.1, -0.05) is 31.1 Å². The Labute approximate surface area is 153 Å². The van der Waals surface area contributed by atoms with Crippen LogP contribution >= 0.6 is 0 Å². The van der Waals surface area contributed by atoms with Gasteiger partial charge in [-0.3, -0.25) is 9.69 Å². The van der Waals surface area contributed by atoms with Gasteiger partial charge in [-0.15, -0.1) is 0 Å². The number of benzene rings is 1. The first-order chi connectivity index (χ1) is 12.4. The monoisotopic (exact) mass is 359 g/mol. The molecule has 0 bridgehead atoms. The Morgan fingerprint density at radius 2 is 2.04 bits per heavy atom. The molecule has 140 valence electrons. The lowest BCUT2D eigenvalue weighted by molar-refractivity contribution is 0.0662. The SMILES string of the molecule is Cc1cc(C(=O)N2CCCN(Cc3ccc(F)cc3)[C@@H](C(C)C)C2)on1. The molecule has 1 amide bonds. The van der Waals surface area contributed by atoms with Crippen molar-refractivity contribution in [2.45, 2.75) is 39.8 Å². The number of carbonyl (C=O) groups is 1. The molecule has 6 heteroatoms. The Kier molecular flexibility index (Phi) is 5.71. The quantitative estimate of drug-likeness (QED) is 0.838. The van der Waals surface area contributed by atoms with Crippen LogP contribution in [0.15, 0.2) is 34.9 Å². The molecule has 0 spiro atoms. The van der Waals surface area contributed by atoms with Gasteiger partial charge in [-0.25, -0.2) is 4.39 Å². The Hall–Kier alpha value is -2.21. The van der Waals surface area contributed by atoms with E-state index in [0.29, 0.717) is 30.5 Å². The number of aromatic nitrogens is 1. The summed E-state index contributed by atoms with van der Waals surface area (Å²) >= 11 is 0. The first-order valence-corrected chi connectivity index (χ1v) is 9.15. The first kappa shape index (κ1) is 18.6. The number of halogens is 1. The molecule has 1 aromatic carbocycles. The molecule has 5 nitrogen and oxygen atoms in total. The number of aryl methyl sites for hydroxylation is 1. The lowest BCUT2D eigenvalue weighted by Gasteiger charge is -2.34. The van der Waals surface area contributed by atoms with Crippen molar-refractivity contribution < 1.29 is 13.7 Å². The molecule has 2 heterocycles. The molecule has 3 rings (SSSR count). The number of hydrogen-bond acceptors (Lipinski definition) is 4. The summed E-state index contributed by atoms with van der Waals surface area (Å²) in [6.07, 6.45) is 0.892. The lowest BCUT2D eigenvalue weighted by atomic mass is 10.0. The molecule has 26 heavy (non-hydrogen) atoms. The van der Waals surface area contributed by atoms with Gasteiger partial charge in [-0.2, -0.15) is 0 Å². The summed E-state index contributed by atoms with van der Waals surface area (Å²) < 4.78 is 18.3. The number of rotatable bonds is 4. The summed E-state index contributed by atoms with van der Waals surface area (Å²) in [6, 6.07) is 8.58. The van der Waals surface area contributed by atoms with E-state index < -0.39 is 0 Å². The van der Waals surface area contributed by atoms with Gasteiger partial charge >= 0.3 is 0 Å². The van der Waals surface area contributed by atoms with Gasteiger partial charge < -0.3 is 9.42 Å². The van der Waals surface area contributed by atoms with Gasteiger partial charge in [0.15, 0.2) is 0 Å². The van der Waals surface area contributed by atoms with E-state index in [-0.39, 0.29) is 17.8 Å². The van der Waals surface area contributed by atoms with Crippen molar-refractivity contribution in [3.8, 4) is 0 Å². The highest BCUT2D eigenvalue weighted by atomic mass is 19.1. The zero-order valence-electron chi connectivity index (χ0n) is 15.6. The normalized spacial score (nSPS) is 19.0. The highest BCUT2D eigenvalue weighted by Gasteiger charge is 2.31. The third-order valence-corrected chi connectivity index (χ3v) is 4.94. The fourth-order valence-corrected chi connectivity index (χ4v) is 3.52. The van der Waals surface area contributed by atoms with Crippen molar-refractivity contribution in [3.05, 3.63) is 53.2 Å². The Morgan fingerprint density at radius 3 is 2.65 bits per heavy atom. The highest BCUT2D eigenvalue weighted by molar-refractivity contribution is 5.91. The van der Waals surface area contributed by atoms with Crippen molar-refractivity contribution in [2.75, 3.05) is 19.6 Å². The summed E-state index contributed by atoms with van der Waals surface area (Å²) in [5.74, 6) is 0.376. The maximum absolute atomic E-state index is 13.2. The van der Waals surface area contributed by atoms with Crippen LogP contribution in [-0.2, 0) is 6.54 Å². The molecule has 0 N–H and O–H groups in total. The van der Waals surface area contributed by atoms with Crippen LogP contribution in [0.2, 0.25) is 0 Å². The smallest absolute Gasteiger partial charge is 0.292 e. The van der Waals surface area contributed by atoms with Gasteiger partial charge in [0.2, 0.25) is 5.76 Å². The molecule has 0 saturated carbocycles. The summed E-state index contributed by atoms with van der Waals surface area (Å²) in [4.78, 5) is 17.0. The van der Waals surface area contributed by atoms with E-state index in [1.165, 1.54) is 12.1 Å². The van der Waals surface area contributed by atoms with Crippen LogP contribution in [0.5, 0.6) is 0 Å². The fourth-order valence-electron chi connectivity index (χ4n) is 3.52. The van der Waals surface area contributed by atoms with E-state index in [1.807, 2.05) is 24.0 Å². The highest BCUT2D eigenvalue weighted by Crippen LogP contribution is 2.21. The minimum Gasteiger partial charge on any atom is -0.351 e. The van der Waals surface area contributed by atoms with Crippen molar-refractivity contribution in [1.82, 2.24) is 15.0 Å². The molecule has 0 unspecified atom stereocenters. The van der Waals surface area contributed by atoms with Crippen LogP contribution < -0.4 is 0 Å². The molecule has 1 saturated heterocycles. The zero-order valence-corrected chi connectivity index (χ0v) is 15.6. The van der Waals surface area contributed by atoms with Crippen LogP contribution in [0, 0.1) is 18.7 Å². The van der Waals surface area contributed by atoms with Crippen molar-refractivity contribution >= 4 is 5.91 Å². The van der Waals surface area contributed by atoms with Gasteiger partial charge in [0.05, 0.1) is 5.69 Å². The van der Waals surface area contributed by atoms with Gasteiger partial charge in [0.25, 0.3) is 5.91 Å². The molecule has 0 radical (unpaired) electrons. The zero-order chi connectivity index (χ0) is 18.7. The maximum Gasteiger partial charge on any atom is 0.292 e. The summed E-state index contributed by atoms with van der Waals surface area (Å²) in [5, 5.41) is 3.82. The minimum atomic E-state index is -0.218. The second-order valence-electron chi connectivity index (χ2n) is 7.35. The topological polar surface area (TPSA) is 49.6 Å². The van der Waals surface area contributed by atoms with Gasteiger partial charge in [-0.05, 0) is 37.0 Å². The van der Waals surface area contributed by atoms with Crippen LogP contribution in [0.4, 0.5) is 4.39 Å². The summed E-state index contributed by atoms with van der Waals surface area (Å²) in [6.45, 7) is 9.17. The number of carbonyl (C=O) groups excluding carboxylic acids is 1. The largest absolute Gasteiger partial charge is 0.351 e. The predicted octanol–water partition coefficient (Wildman–Crippen LogP) is 3.49. The maximum atomic E-state index is 13.2. The number of amides is 1. The predicted molar refractivity (Wildman–Crippen MR) is 97.2 cm³/mol. The summed E-state index contributed by atoms with van der Waals surface area (Å²) in [5.41, 5.74) is 1.80. The van der Waals surface area contributed by atoms with E-state index >= 15 is 0 Å². The van der Waals surface area contributed by atoms with E-state index in [2.05, 4.69) is 23.9 Å². The molecule has 1 atom stereocenters. The molecule has 1 aliphatic rings. The van der Waals surface area contributed by atoms with Crippen LogP contribution in [0.1, 0.15) is 42.1 Å². The molecule has 1 fully saturated rings. The van der Waals surface area contributed by atoms with Gasteiger partial charge in [0, 0.05) is 38.3 Å². The molecular formula is C20H26FN3O2. The van der Waals surface area contributed by atoms with E-state index in [1.54, 1.807) is 6.07 Å². The van der Waals surface area contributed by atoms with Crippen LogP contribution in [0.25, 0.3) is 0 Å². The fraction of sp³-hybridized carbons (Fsp3) is 0.500. The Balaban J connectivity index is 1.74. The molecule has 1 aliphatic heterocycles. The van der Waals surface area contributed by atoms with E-state index in [9.17, 15) is 9.18 Å². The Morgan fingerprint density at radius 1 is 1.31 bits per heavy atom. The third-order valence-electron chi connectivity index (χ3n) is 4.94. The van der Waals surface area contributed by atoms with Crippen molar-refractivity contribution in [3.63, 3.8) is 0 Å². The third kappa shape index (κ3) is 4.30. The second kappa shape index (κ2) is 7.99. The Bertz CT molecular complexity index is 742. The van der Waals surface area contributed by atoms with Crippen LogP contribution in [0.3, 0.4) is 0 Å². The molecule has 1 aromatic heterocycles.